The van der Waals surface area contributed by atoms with Gasteiger partial charge in [-0.15, -0.1) is 6.58 Å². The molecule has 0 saturated carbocycles. The molecule has 0 aromatic heterocycles. The largest absolute Gasteiger partial charge is 0.414 e. The van der Waals surface area contributed by atoms with Crippen molar-refractivity contribution in [3.63, 3.8) is 0 Å². The van der Waals surface area contributed by atoms with E-state index in [4.69, 9.17) is 4.43 Å². The van der Waals surface area contributed by atoms with Crippen LogP contribution in [0, 0.1) is 0 Å². The molecule has 0 N–H and O–H groups in total. The maximum atomic E-state index is 10.2. The van der Waals surface area contributed by atoms with E-state index in [1.165, 1.54) is 32.1 Å². The van der Waals surface area contributed by atoms with E-state index >= 15 is 0 Å². The number of ketones is 1. The predicted molar refractivity (Wildman–Crippen MR) is 95.2 cm³/mol. The van der Waals surface area contributed by atoms with Crippen LogP contribution >= 0.6 is 0 Å². The molecular weight excluding hydrogens is 276 g/mol. The van der Waals surface area contributed by atoms with Gasteiger partial charge in [-0.3, -0.25) is 4.79 Å². The zero-order chi connectivity index (χ0) is 16.1. The molecule has 1 aliphatic rings. The Morgan fingerprint density at radius 1 is 1.33 bits per heavy atom. The fourth-order valence-electron chi connectivity index (χ4n) is 2.23. The lowest BCUT2D eigenvalue weighted by molar-refractivity contribution is -0.114. The minimum atomic E-state index is -1.37. The molecule has 1 rings (SSSR count). The Hall–Kier alpha value is -0.673. The van der Waals surface area contributed by atoms with E-state index < -0.39 is 8.32 Å². The van der Waals surface area contributed by atoms with Crippen LogP contribution in [0.1, 0.15) is 58.3 Å². The number of carbonyl (C=O) groups is 1. The van der Waals surface area contributed by atoms with Crippen LogP contribution in [0.4, 0.5) is 0 Å². The molecule has 3 heteroatoms. The molecule has 0 aliphatic heterocycles. The summed E-state index contributed by atoms with van der Waals surface area (Å²) in [6, 6.07) is 0. The minimum absolute atomic E-state index is 0.273. The van der Waals surface area contributed by atoms with Crippen LogP contribution in [-0.4, -0.2) is 20.2 Å². The van der Waals surface area contributed by atoms with Gasteiger partial charge < -0.3 is 4.43 Å². The smallest absolute Gasteiger partial charge is 0.184 e. The maximum absolute atomic E-state index is 10.2. The highest BCUT2D eigenvalue weighted by molar-refractivity contribution is 6.69. The summed E-state index contributed by atoms with van der Waals surface area (Å²) < 4.78 is 6.13. The molecule has 1 atom stereocenters. The first-order valence-electron chi connectivity index (χ1n) is 8.37. The number of carbonyl (C=O) groups excluding carboxylic acids is 1. The molecule has 0 saturated heterocycles. The van der Waals surface area contributed by atoms with Crippen molar-refractivity contribution in [1.82, 2.24) is 0 Å². The number of hydrogen-bond acceptors (Lipinski definition) is 2. The average Bonchev–Trinajstić information content (AvgIpc) is 2.85. The van der Waals surface area contributed by atoms with Crippen LogP contribution in [0.25, 0.3) is 0 Å². The molecule has 0 amide bonds. The van der Waals surface area contributed by atoms with E-state index in [0.717, 1.165) is 19.3 Å². The second-order valence-electron chi connectivity index (χ2n) is 6.63. The molecule has 122 valence electrons. The van der Waals surface area contributed by atoms with E-state index in [9.17, 15) is 4.79 Å². The summed E-state index contributed by atoms with van der Waals surface area (Å²) in [6.07, 6.45) is 15.2. The van der Waals surface area contributed by atoms with Crippen molar-refractivity contribution in [2.75, 3.05) is 0 Å². The van der Waals surface area contributed by atoms with Crippen molar-refractivity contribution in [2.45, 2.75) is 84.0 Å². The Morgan fingerprint density at radius 2 is 2.05 bits per heavy atom. The normalized spacial score (nSPS) is 15.5. The van der Waals surface area contributed by atoms with Gasteiger partial charge in [0.2, 0.25) is 0 Å². The maximum Gasteiger partial charge on any atom is 0.184 e. The monoisotopic (exact) mass is 310 g/mol. The third-order valence-electron chi connectivity index (χ3n) is 3.19. The first kappa shape index (κ1) is 20.3. The van der Waals surface area contributed by atoms with Crippen molar-refractivity contribution >= 4 is 14.1 Å². The van der Waals surface area contributed by atoms with Gasteiger partial charge in [-0.1, -0.05) is 44.8 Å². The minimum Gasteiger partial charge on any atom is -0.414 e. The molecule has 0 aromatic rings. The van der Waals surface area contributed by atoms with Crippen molar-refractivity contribution < 1.29 is 9.22 Å². The van der Waals surface area contributed by atoms with Gasteiger partial charge in [-0.25, -0.2) is 0 Å². The number of unbranched alkanes of at least 4 members (excludes halogenated alkanes) is 3. The fraction of sp³-hybridized carbons (Fsp3) is 0.722. The summed E-state index contributed by atoms with van der Waals surface area (Å²) in [5.74, 6) is 0.273. The Balaban J connectivity index is 0.000000547. The Bertz CT molecular complexity index is 316. The SMILES string of the molecule is C=CCC(CCCCCC)O[Si](C)(C)C.O=C1C=CCC1. The number of hydrogen-bond donors (Lipinski definition) is 0. The highest BCUT2D eigenvalue weighted by Gasteiger charge is 2.19. The lowest BCUT2D eigenvalue weighted by Crippen LogP contribution is -2.31. The first-order valence-corrected chi connectivity index (χ1v) is 11.8. The molecule has 0 fully saturated rings. The van der Waals surface area contributed by atoms with Gasteiger partial charge in [0.25, 0.3) is 0 Å². The average molecular weight is 311 g/mol. The molecule has 1 unspecified atom stereocenters. The molecule has 2 nitrogen and oxygen atoms in total. The molecule has 0 bridgehead atoms. The molecule has 0 radical (unpaired) electrons. The van der Waals surface area contributed by atoms with Crippen LogP contribution < -0.4 is 0 Å². The molecule has 1 aliphatic carbocycles. The fourth-order valence-corrected chi connectivity index (χ4v) is 3.45. The summed E-state index contributed by atoms with van der Waals surface area (Å²) >= 11 is 0. The van der Waals surface area contributed by atoms with Gasteiger partial charge in [0, 0.05) is 12.5 Å². The number of allylic oxidation sites excluding steroid dienone is 2. The van der Waals surface area contributed by atoms with Crippen molar-refractivity contribution in [1.29, 1.82) is 0 Å². The van der Waals surface area contributed by atoms with E-state index in [2.05, 4.69) is 33.1 Å². The van der Waals surface area contributed by atoms with Gasteiger partial charge in [-0.2, -0.15) is 0 Å². The van der Waals surface area contributed by atoms with Crippen LogP contribution in [0.5, 0.6) is 0 Å². The van der Waals surface area contributed by atoms with Crippen LogP contribution in [0.15, 0.2) is 24.8 Å². The molecule has 0 aromatic carbocycles. The summed E-state index contributed by atoms with van der Waals surface area (Å²) in [4.78, 5) is 10.2. The summed E-state index contributed by atoms with van der Waals surface area (Å²) in [6.45, 7) is 12.8. The standard InChI is InChI=1S/C13H28OSi.C5H6O/c1-6-8-9-10-12-13(11-7-2)14-15(3,4)5;6-5-3-1-2-4-5/h7,13H,2,6,8-12H2,1,3-5H3;1,3H,2,4H2. The Labute approximate surface area is 132 Å². The second kappa shape index (κ2) is 11.9. The first-order chi connectivity index (χ1) is 9.89. The number of rotatable bonds is 9. The topological polar surface area (TPSA) is 26.3 Å². The zero-order valence-electron chi connectivity index (χ0n) is 14.5. The van der Waals surface area contributed by atoms with Gasteiger partial charge in [0.15, 0.2) is 14.1 Å². The Morgan fingerprint density at radius 3 is 2.43 bits per heavy atom. The van der Waals surface area contributed by atoms with Crippen LogP contribution in [0.3, 0.4) is 0 Å². The molecular formula is C18H34O2Si. The Kier molecular flexibility index (Phi) is 11.5. The van der Waals surface area contributed by atoms with Crippen molar-refractivity contribution in [3.05, 3.63) is 24.8 Å². The second-order valence-corrected chi connectivity index (χ2v) is 11.1. The molecule has 0 spiro atoms. The highest BCUT2D eigenvalue weighted by atomic mass is 28.4. The highest BCUT2D eigenvalue weighted by Crippen LogP contribution is 2.16. The van der Waals surface area contributed by atoms with Crippen molar-refractivity contribution in [2.24, 2.45) is 0 Å². The molecule has 21 heavy (non-hydrogen) atoms. The van der Waals surface area contributed by atoms with Gasteiger partial charge in [0.05, 0.1) is 0 Å². The van der Waals surface area contributed by atoms with Gasteiger partial charge in [-0.05, 0) is 45.0 Å². The van der Waals surface area contributed by atoms with E-state index in [1.807, 2.05) is 12.2 Å². The summed E-state index contributed by atoms with van der Waals surface area (Å²) in [7, 11) is -1.37. The summed E-state index contributed by atoms with van der Waals surface area (Å²) in [5.41, 5.74) is 0. The quantitative estimate of drug-likeness (QED) is 0.312. The third kappa shape index (κ3) is 14.0. The van der Waals surface area contributed by atoms with Crippen LogP contribution in [-0.2, 0) is 9.22 Å². The van der Waals surface area contributed by atoms with Crippen molar-refractivity contribution in [3.8, 4) is 0 Å². The van der Waals surface area contributed by atoms with E-state index in [0.29, 0.717) is 6.10 Å². The predicted octanol–water partition coefficient (Wildman–Crippen LogP) is 5.66. The van der Waals surface area contributed by atoms with E-state index in [1.54, 1.807) is 6.08 Å². The van der Waals surface area contributed by atoms with E-state index in [-0.39, 0.29) is 5.78 Å². The van der Waals surface area contributed by atoms with Gasteiger partial charge >= 0.3 is 0 Å². The lowest BCUT2D eigenvalue weighted by atomic mass is 10.1. The van der Waals surface area contributed by atoms with Gasteiger partial charge in [0.1, 0.15) is 0 Å². The summed E-state index contributed by atoms with van der Waals surface area (Å²) in [5, 5.41) is 0. The van der Waals surface area contributed by atoms with Crippen LogP contribution in [0.2, 0.25) is 19.6 Å². The zero-order valence-corrected chi connectivity index (χ0v) is 15.5. The third-order valence-corrected chi connectivity index (χ3v) is 4.23. The lowest BCUT2D eigenvalue weighted by Gasteiger charge is -2.25. The molecule has 0 heterocycles.